The van der Waals surface area contributed by atoms with Crippen LogP contribution in [0.3, 0.4) is 0 Å². The predicted molar refractivity (Wildman–Crippen MR) is 118 cm³/mol. The summed E-state index contributed by atoms with van der Waals surface area (Å²) >= 11 is 1.59. The Morgan fingerprint density at radius 3 is 2.80 bits per heavy atom. The van der Waals surface area contributed by atoms with Crippen molar-refractivity contribution in [3.8, 4) is 5.75 Å². The third kappa shape index (κ3) is 5.04. The van der Waals surface area contributed by atoms with Crippen LogP contribution in [0.1, 0.15) is 39.9 Å². The molecule has 1 aromatic carbocycles. The van der Waals surface area contributed by atoms with Gasteiger partial charge in [0.2, 0.25) is 0 Å². The van der Waals surface area contributed by atoms with Crippen LogP contribution in [0.4, 0.5) is 0 Å². The molecule has 0 bridgehead atoms. The Balaban J connectivity index is 1.46. The number of amides is 1. The van der Waals surface area contributed by atoms with Gasteiger partial charge in [0, 0.05) is 30.9 Å². The Morgan fingerprint density at radius 1 is 1.23 bits per heavy atom. The number of methoxy groups -OCH3 is 1. The molecule has 0 radical (unpaired) electrons. The quantitative estimate of drug-likeness (QED) is 0.625. The van der Waals surface area contributed by atoms with E-state index in [0.717, 1.165) is 43.2 Å². The molecule has 1 fully saturated rings. The summed E-state index contributed by atoms with van der Waals surface area (Å²) in [7, 11) is 1.68. The second-order valence-electron chi connectivity index (χ2n) is 7.52. The lowest BCUT2D eigenvalue weighted by Crippen LogP contribution is -2.42. The minimum absolute atomic E-state index is 0.113. The van der Waals surface area contributed by atoms with Gasteiger partial charge in [0.1, 0.15) is 16.5 Å². The summed E-state index contributed by atoms with van der Waals surface area (Å²) in [5, 5.41) is 6.13. The number of carbonyl (C=O) groups is 1. The molecule has 3 heterocycles. The highest BCUT2D eigenvalue weighted by Crippen LogP contribution is 2.32. The van der Waals surface area contributed by atoms with Gasteiger partial charge in [-0.1, -0.05) is 18.2 Å². The monoisotopic (exact) mass is 422 g/mol. The van der Waals surface area contributed by atoms with Crippen molar-refractivity contribution in [2.24, 2.45) is 5.92 Å². The lowest BCUT2D eigenvalue weighted by atomic mass is 9.90. The van der Waals surface area contributed by atoms with Crippen LogP contribution in [0.25, 0.3) is 0 Å². The molecule has 1 saturated heterocycles. The molecule has 0 spiro atoms. The number of nitrogens with zero attached hydrogens (tertiary/aromatic N) is 3. The number of rotatable bonds is 7. The van der Waals surface area contributed by atoms with Crippen molar-refractivity contribution in [1.29, 1.82) is 0 Å². The number of ether oxygens (including phenoxy) is 1. The Hall–Kier alpha value is -2.77. The molecule has 156 valence electrons. The molecule has 1 aliphatic rings. The topological polar surface area (TPSA) is 67.3 Å². The molecule has 1 aliphatic heterocycles. The zero-order chi connectivity index (χ0) is 20.8. The Morgan fingerprint density at radius 2 is 2.10 bits per heavy atom. The lowest BCUT2D eigenvalue weighted by molar-refractivity contribution is 0.0873. The smallest absolute Gasteiger partial charge is 0.270 e. The van der Waals surface area contributed by atoms with Crippen LogP contribution in [0.15, 0.2) is 60.2 Å². The summed E-state index contributed by atoms with van der Waals surface area (Å²) in [4.78, 5) is 24.0. The van der Waals surface area contributed by atoms with E-state index in [-0.39, 0.29) is 11.9 Å². The van der Waals surface area contributed by atoms with Crippen molar-refractivity contribution in [3.05, 3.63) is 76.5 Å². The summed E-state index contributed by atoms with van der Waals surface area (Å²) < 4.78 is 5.26. The Labute approximate surface area is 180 Å². The van der Waals surface area contributed by atoms with Crippen LogP contribution in [0.5, 0.6) is 5.75 Å². The minimum atomic E-state index is -0.150. The van der Waals surface area contributed by atoms with E-state index in [2.05, 4.69) is 32.3 Å². The summed E-state index contributed by atoms with van der Waals surface area (Å²) in [6, 6.07) is 13.5. The molecule has 2 atom stereocenters. The van der Waals surface area contributed by atoms with Gasteiger partial charge in [0.05, 0.1) is 13.2 Å². The van der Waals surface area contributed by atoms with Crippen molar-refractivity contribution in [2.45, 2.75) is 25.4 Å². The first-order valence-corrected chi connectivity index (χ1v) is 11.1. The number of hydrogen-bond donors (Lipinski definition) is 1. The van der Waals surface area contributed by atoms with Gasteiger partial charge < -0.3 is 10.1 Å². The van der Waals surface area contributed by atoms with E-state index in [4.69, 9.17) is 4.74 Å². The zero-order valence-electron chi connectivity index (χ0n) is 17.0. The van der Waals surface area contributed by atoms with E-state index in [1.165, 1.54) is 5.56 Å². The maximum absolute atomic E-state index is 12.8. The Bertz CT molecular complexity index is 932. The summed E-state index contributed by atoms with van der Waals surface area (Å²) in [5.74, 6) is 1.02. The van der Waals surface area contributed by atoms with Gasteiger partial charge in [-0.25, -0.2) is 4.98 Å². The van der Waals surface area contributed by atoms with E-state index < -0.39 is 0 Å². The maximum atomic E-state index is 12.8. The SMILES string of the molecule is COc1ccc(CN2CCCC(C(NC(=O)c3ccccn3)c3nccs3)C2)cc1. The van der Waals surface area contributed by atoms with Gasteiger partial charge in [0.15, 0.2) is 0 Å². The molecule has 1 amide bonds. The third-order valence-corrected chi connectivity index (χ3v) is 6.34. The number of hydrogen-bond acceptors (Lipinski definition) is 6. The molecule has 2 unspecified atom stereocenters. The Kier molecular flexibility index (Phi) is 6.71. The van der Waals surface area contributed by atoms with E-state index in [1.807, 2.05) is 29.6 Å². The molecule has 2 aromatic heterocycles. The van der Waals surface area contributed by atoms with Crippen molar-refractivity contribution in [2.75, 3.05) is 20.2 Å². The molecule has 1 N–H and O–H groups in total. The van der Waals surface area contributed by atoms with Gasteiger partial charge in [-0.2, -0.15) is 0 Å². The number of thiazole rings is 1. The summed E-state index contributed by atoms with van der Waals surface area (Å²) in [6.07, 6.45) is 5.61. The molecule has 0 aliphatic carbocycles. The highest BCUT2D eigenvalue weighted by molar-refractivity contribution is 7.09. The first kappa shape index (κ1) is 20.5. The van der Waals surface area contributed by atoms with Crippen molar-refractivity contribution >= 4 is 17.2 Å². The fourth-order valence-corrected chi connectivity index (χ4v) is 4.76. The largest absolute Gasteiger partial charge is 0.497 e. The van der Waals surface area contributed by atoms with Crippen LogP contribution >= 0.6 is 11.3 Å². The fourth-order valence-electron chi connectivity index (χ4n) is 3.98. The summed E-state index contributed by atoms with van der Waals surface area (Å²) in [5.41, 5.74) is 1.70. The third-order valence-electron chi connectivity index (χ3n) is 5.48. The van der Waals surface area contributed by atoms with Crippen molar-refractivity contribution < 1.29 is 9.53 Å². The highest BCUT2D eigenvalue weighted by atomic mass is 32.1. The van der Waals surface area contributed by atoms with Crippen LogP contribution in [-0.4, -0.2) is 41.0 Å². The standard InChI is InChI=1S/C23H26N4O2S/c1-29-19-9-7-17(8-10-19)15-27-13-4-5-18(16-27)21(23-25-12-14-30-23)26-22(28)20-6-2-3-11-24-20/h2-3,6-12,14,18,21H,4-5,13,15-16H2,1H3,(H,26,28). The van der Waals surface area contributed by atoms with Gasteiger partial charge in [-0.15, -0.1) is 11.3 Å². The lowest BCUT2D eigenvalue weighted by Gasteiger charge is -2.36. The number of benzene rings is 1. The fraction of sp³-hybridized carbons (Fsp3) is 0.348. The first-order chi connectivity index (χ1) is 14.7. The van der Waals surface area contributed by atoms with Gasteiger partial charge in [0.25, 0.3) is 5.91 Å². The van der Waals surface area contributed by atoms with Crippen LogP contribution in [0.2, 0.25) is 0 Å². The number of pyridine rings is 1. The second kappa shape index (κ2) is 9.82. The van der Waals surface area contributed by atoms with Crippen LogP contribution < -0.4 is 10.1 Å². The highest BCUT2D eigenvalue weighted by Gasteiger charge is 2.31. The normalized spacial score (nSPS) is 18.0. The van der Waals surface area contributed by atoms with E-state index in [9.17, 15) is 4.79 Å². The molecule has 3 aromatic rings. The van der Waals surface area contributed by atoms with E-state index in [1.54, 1.807) is 36.9 Å². The van der Waals surface area contributed by atoms with Gasteiger partial charge >= 0.3 is 0 Å². The van der Waals surface area contributed by atoms with Crippen molar-refractivity contribution in [1.82, 2.24) is 20.2 Å². The van der Waals surface area contributed by atoms with Gasteiger partial charge in [-0.05, 0) is 55.1 Å². The van der Waals surface area contributed by atoms with Crippen molar-refractivity contribution in [3.63, 3.8) is 0 Å². The number of aromatic nitrogens is 2. The zero-order valence-corrected chi connectivity index (χ0v) is 17.8. The molecule has 6 nitrogen and oxygen atoms in total. The predicted octanol–water partition coefficient (Wildman–Crippen LogP) is 3.93. The number of nitrogens with one attached hydrogen (secondary N) is 1. The number of carbonyl (C=O) groups excluding carboxylic acids is 1. The van der Waals surface area contributed by atoms with Gasteiger partial charge in [-0.3, -0.25) is 14.7 Å². The summed E-state index contributed by atoms with van der Waals surface area (Å²) in [6.45, 7) is 2.86. The molecule has 4 rings (SSSR count). The molecule has 30 heavy (non-hydrogen) atoms. The first-order valence-electron chi connectivity index (χ1n) is 10.2. The molecular formula is C23H26N4O2S. The second-order valence-corrected chi connectivity index (χ2v) is 8.45. The van der Waals surface area contributed by atoms with E-state index in [0.29, 0.717) is 11.6 Å². The number of piperidine rings is 1. The molecule has 7 heteroatoms. The average Bonchev–Trinajstić information content (AvgIpc) is 3.33. The minimum Gasteiger partial charge on any atom is -0.497 e. The van der Waals surface area contributed by atoms with Crippen LogP contribution in [0, 0.1) is 5.92 Å². The maximum Gasteiger partial charge on any atom is 0.270 e. The average molecular weight is 423 g/mol. The molecule has 0 saturated carbocycles. The number of likely N-dealkylation sites (tertiary alicyclic amines) is 1. The van der Waals surface area contributed by atoms with E-state index >= 15 is 0 Å². The van der Waals surface area contributed by atoms with Crippen LogP contribution in [-0.2, 0) is 6.54 Å². The molecular weight excluding hydrogens is 396 g/mol.